The summed E-state index contributed by atoms with van der Waals surface area (Å²) in [5, 5.41) is 0. The molecular formula is C14H19NO3S. The van der Waals surface area contributed by atoms with Gasteiger partial charge in [0, 0.05) is 19.6 Å². The van der Waals surface area contributed by atoms with Gasteiger partial charge in [-0.2, -0.15) is 8.42 Å². The number of piperidine rings is 1. The van der Waals surface area contributed by atoms with Gasteiger partial charge in [0.1, 0.15) is 0 Å². The number of benzene rings is 1. The summed E-state index contributed by atoms with van der Waals surface area (Å²) >= 11 is 0. The summed E-state index contributed by atoms with van der Waals surface area (Å²) in [5.41, 5.74) is 1.34. The maximum absolute atomic E-state index is 11.0. The van der Waals surface area contributed by atoms with Crippen molar-refractivity contribution in [3.63, 3.8) is 0 Å². The van der Waals surface area contributed by atoms with E-state index in [0.717, 1.165) is 25.9 Å². The fourth-order valence-electron chi connectivity index (χ4n) is 3.16. The lowest BCUT2D eigenvalue weighted by atomic mass is 10.2. The molecule has 1 saturated heterocycles. The van der Waals surface area contributed by atoms with E-state index in [4.69, 9.17) is 4.18 Å². The van der Waals surface area contributed by atoms with Crippen molar-refractivity contribution in [2.24, 2.45) is 17.8 Å². The molecule has 19 heavy (non-hydrogen) atoms. The molecule has 1 heterocycles. The molecule has 4 nitrogen and oxygen atoms in total. The third-order valence-electron chi connectivity index (χ3n) is 4.17. The van der Waals surface area contributed by atoms with Gasteiger partial charge in [0.05, 0.1) is 12.9 Å². The number of rotatable bonds is 5. The molecule has 0 bridgehead atoms. The highest BCUT2D eigenvalue weighted by Gasteiger charge is 2.55. The topological polar surface area (TPSA) is 46.6 Å². The molecule has 5 heteroatoms. The molecule has 0 amide bonds. The average Bonchev–Trinajstić information content (AvgIpc) is 2.80. The van der Waals surface area contributed by atoms with Crippen molar-refractivity contribution >= 4 is 10.1 Å². The van der Waals surface area contributed by atoms with Crippen LogP contribution in [0.15, 0.2) is 30.3 Å². The predicted octanol–water partition coefficient (Wildman–Crippen LogP) is 1.34. The molecule has 0 unspecified atom stereocenters. The summed E-state index contributed by atoms with van der Waals surface area (Å²) in [6.07, 6.45) is 1.12. The molecule has 1 aliphatic carbocycles. The minimum Gasteiger partial charge on any atom is -0.298 e. The Morgan fingerprint density at radius 3 is 2.42 bits per heavy atom. The molecule has 2 fully saturated rings. The minimum atomic E-state index is -3.29. The maximum atomic E-state index is 11.0. The van der Waals surface area contributed by atoms with Gasteiger partial charge in [-0.25, -0.2) is 0 Å². The number of fused-ring (bicyclic) bond motifs is 1. The molecule has 0 N–H and O–H groups in total. The van der Waals surface area contributed by atoms with Crippen LogP contribution in [-0.2, 0) is 20.8 Å². The zero-order valence-electron chi connectivity index (χ0n) is 11.0. The molecular weight excluding hydrogens is 262 g/mol. The first-order valence-corrected chi connectivity index (χ1v) is 8.45. The SMILES string of the molecule is CS(=O)(=O)OC[C@@H]1[C@H]2CN(Cc3ccccc3)C[C@@H]12. The molecule has 3 rings (SSSR count). The molecule has 0 aromatic heterocycles. The van der Waals surface area contributed by atoms with Gasteiger partial charge in [-0.3, -0.25) is 9.08 Å². The Hall–Kier alpha value is -0.910. The highest BCUT2D eigenvalue weighted by molar-refractivity contribution is 7.85. The molecule has 104 valence electrons. The van der Waals surface area contributed by atoms with Crippen LogP contribution >= 0.6 is 0 Å². The predicted molar refractivity (Wildman–Crippen MR) is 73.0 cm³/mol. The zero-order valence-corrected chi connectivity index (χ0v) is 11.8. The molecule has 2 aliphatic rings. The summed E-state index contributed by atoms with van der Waals surface area (Å²) in [6.45, 7) is 3.50. The Morgan fingerprint density at radius 1 is 1.21 bits per heavy atom. The molecule has 3 atom stereocenters. The van der Waals surface area contributed by atoms with E-state index in [1.165, 1.54) is 5.56 Å². The van der Waals surface area contributed by atoms with Crippen molar-refractivity contribution in [3.05, 3.63) is 35.9 Å². The Labute approximate surface area is 114 Å². The highest BCUT2D eigenvalue weighted by atomic mass is 32.2. The maximum Gasteiger partial charge on any atom is 0.264 e. The summed E-state index contributed by atoms with van der Waals surface area (Å²) in [5.74, 6) is 1.71. The summed E-state index contributed by atoms with van der Waals surface area (Å²) in [7, 11) is -3.29. The first-order valence-electron chi connectivity index (χ1n) is 6.63. The second-order valence-electron chi connectivity index (χ2n) is 5.66. The number of likely N-dealkylation sites (tertiary alicyclic amines) is 1. The Kier molecular flexibility index (Phi) is 3.37. The van der Waals surface area contributed by atoms with Crippen molar-refractivity contribution in [2.75, 3.05) is 26.0 Å². The fourth-order valence-corrected chi connectivity index (χ4v) is 3.56. The van der Waals surface area contributed by atoms with Gasteiger partial charge >= 0.3 is 0 Å². The quantitative estimate of drug-likeness (QED) is 0.764. The lowest BCUT2D eigenvalue weighted by molar-refractivity contribution is 0.234. The molecule has 0 spiro atoms. The van der Waals surface area contributed by atoms with Crippen molar-refractivity contribution in [2.45, 2.75) is 6.54 Å². The van der Waals surface area contributed by atoms with Crippen molar-refractivity contribution < 1.29 is 12.6 Å². The van der Waals surface area contributed by atoms with E-state index in [0.29, 0.717) is 24.4 Å². The van der Waals surface area contributed by atoms with Gasteiger partial charge in [-0.1, -0.05) is 30.3 Å². The summed E-state index contributed by atoms with van der Waals surface area (Å²) < 4.78 is 26.8. The lowest BCUT2D eigenvalue weighted by Crippen LogP contribution is -2.25. The van der Waals surface area contributed by atoms with Crippen LogP contribution in [0.2, 0.25) is 0 Å². The lowest BCUT2D eigenvalue weighted by Gasteiger charge is -2.19. The molecule has 1 aromatic rings. The van der Waals surface area contributed by atoms with Crippen LogP contribution in [0.1, 0.15) is 5.56 Å². The fraction of sp³-hybridized carbons (Fsp3) is 0.571. The summed E-state index contributed by atoms with van der Waals surface area (Å²) in [4.78, 5) is 2.45. The van der Waals surface area contributed by atoms with Crippen LogP contribution in [0.3, 0.4) is 0 Å². The monoisotopic (exact) mass is 281 g/mol. The van der Waals surface area contributed by atoms with Crippen LogP contribution in [0.5, 0.6) is 0 Å². The van der Waals surface area contributed by atoms with Gasteiger partial charge in [-0.05, 0) is 23.3 Å². The molecule has 0 radical (unpaired) electrons. The van der Waals surface area contributed by atoms with Crippen molar-refractivity contribution in [1.82, 2.24) is 4.90 Å². The largest absolute Gasteiger partial charge is 0.298 e. The van der Waals surface area contributed by atoms with Crippen LogP contribution in [-0.4, -0.2) is 39.3 Å². The number of hydrogen-bond acceptors (Lipinski definition) is 4. The third kappa shape index (κ3) is 3.16. The standard InChI is InChI=1S/C14H19NO3S/c1-19(16,17)18-10-14-12-8-15(9-13(12)14)7-11-5-3-2-4-6-11/h2-6,12-14H,7-10H2,1H3/t12-,13+,14+. The van der Waals surface area contributed by atoms with Gasteiger partial charge in [0.15, 0.2) is 0 Å². The first-order chi connectivity index (χ1) is 9.03. The van der Waals surface area contributed by atoms with E-state index in [1.807, 2.05) is 6.07 Å². The van der Waals surface area contributed by atoms with Crippen LogP contribution in [0.25, 0.3) is 0 Å². The normalized spacial score (nSPS) is 30.3. The average molecular weight is 281 g/mol. The Bertz CT molecular complexity index is 531. The van der Waals surface area contributed by atoms with E-state index < -0.39 is 10.1 Å². The van der Waals surface area contributed by atoms with Crippen LogP contribution in [0.4, 0.5) is 0 Å². The van der Waals surface area contributed by atoms with Gasteiger partial charge in [-0.15, -0.1) is 0 Å². The van der Waals surface area contributed by atoms with Crippen molar-refractivity contribution in [1.29, 1.82) is 0 Å². The Morgan fingerprint density at radius 2 is 1.84 bits per heavy atom. The van der Waals surface area contributed by atoms with Gasteiger partial charge in [0.25, 0.3) is 10.1 Å². The zero-order chi connectivity index (χ0) is 13.5. The number of nitrogens with zero attached hydrogens (tertiary/aromatic N) is 1. The van der Waals surface area contributed by atoms with Crippen LogP contribution < -0.4 is 0 Å². The van der Waals surface area contributed by atoms with E-state index in [2.05, 4.69) is 29.2 Å². The number of hydrogen-bond donors (Lipinski definition) is 0. The third-order valence-corrected chi connectivity index (χ3v) is 4.73. The molecule has 1 saturated carbocycles. The first kappa shape index (κ1) is 13.1. The highest BCUT2D eigenvalue weighted by Crippen LogP contribution is 2.52. The van der Waals surface area contributed by atoms with Crippen molar-refractivity contribution in [3.8, 4) is 0 Å². The van der Waals surface area contributed by atoms with E-state index in [-0.39, 0.29) is 0 Å². The summed E-state index contributed by atoms with van der Waals surface area (Å²) in [6, 6.07) is 10.5. The second-order valence-corrected chi connectivity index (χ2v) is 7.30. The van der Waals surface area contributed by atoms with Gasteiger partial charge in [0.2, 0.25) is 0 Å². The van der Waals surface area contributed by atoms with E-state index in [9.17, 15) is 8.42 Å². The van der Waals surface area contributed by atoms with Crippen LogP contribution in [0, 0.1) is 17.8 Å². The van der Waals surface area contributed by atoms with E-state index in [1.54, 1.807) is 0 Å². The molecule has 1 aliphatic heterocycles. The Balaban J connectivity index is 1.46. The van der Waals surface area contributed by atoms with E-state index >= 15 is 0 Å². The van der Waals surface area contributed by atoms with Gasteiger partial charge < -0.3 is 0 Å². The minimum absolute atomic E-state index is 0.368. The molecule has 1 aromatic carbocycles. The smallest absolute Gasteiger partial charge is 0.264 e. The second kappa shape index (κ2) is 4.89.